The Morgan fingerprint density at radius 1 is 1.28 bits per heavy atom. The molecule has 1 aliphatic carbocycles. The molecular weight excluding hydrogens is 330 g/mol. The predicted molar refractivity (Wildman–Crippen MR) is 102 cm³/mol. The lowest BCUT2D eigenvalue weighted by molar-refractivity contribution is 0.508. The first-order valence-corrected chi connectivity index (χ1v) is 9.81. The fourth-order valence-electron chi connectivity index (χ4n) is 3.58. The van der Waals surface area contributed by atoms with E-state index < -0.39 is 0 Å². The number of aromatic nitrogens is 3. The van der Waals surface area contributed by atoms with Crippen LogP contribution in [0.2, 0.25) is 0 Å². The molecule has 25 heavy (non-hydrogen) atoms. The van der Waals surface area contributed by atoms with E-state index in [1.165, 1.54) is 20.7 Å². The van der Waals surface area contributed by atoms with Crippen LogP contribution in [0.5, 0.6) is 0 Å². The second-order valence-corrected chi connectivity index (χ2v) is 8.56. The highest BCUT2D eigenvalue weighted by Gasteiger charge is 2.23. The average Bonchev–Trinajstić information content (AvgIpc) is 2.96. The van der Waals surface area contributed by atoms with Gasteiger partial charge in [0.1, 0.15) is 0 Å². The lowest BCUT2D eigenvalue weighted by atomic mass is 9.89. The molecular formula is C20H23N3OS. The van der Waals surface area contributed by atoms with Gasteiger partial charge >= 0.3 is 0 Å². The molecule has 0 saturated carbocycles. The molecule has 4 nitrogen and oxygen atoms in total. The Labute approximate surface area is 151 Å². The number of rotatable bonds is 3. The number of nitrogens with zero attached hydrogens (tertiary/aromatic N) is 3. The standard InChI is InChI=1S/C20H23N3OS/c1-12(2)15-7-5-14(6-8-15)11-23-20(24)18-16-9-4-13(3)10-17(16)25-19(18)21-22-23/h5-8,12-13H,4,9-11H2,1-3H3/t13-/m1/s1. The third-order valence-electron chi connectivity index (χ3n) is 5.16. The van der Waals surface area contributed by atoms with Crippen molar-refractivity contribution in [3.63, 3.8) is 0 Å². The maximum atomic E-state index is 13.0. The second-order valence-electron chi connectivity index (χ2n) is 7.48. The Morgan fingerprint density at radius 3 is 2.76 bits per heavy atom. The van der Waals surface area contributed by atoms with Crippen LogP contribution in [0.1, 0.15) is 54.7 Å². The molecule has 0 N–H and O–H groups in total. The fourth-order valence-corrected chi connectivity index (χ4v) is 4.89. The van der Waals surface area contributed by atoms with Crippen molar-refractivity contribution in [1.82, 2.24) is 15.0 Å². The van der Waals surface area contributed by atoms with Gasteiger partial charge in [0.25, 0.3) is 5.56 Å². The summed E-state index contributed by atoms with van der Waals surface area (Å²) >= 11 is 1.65. The first-order chi connectivity index (χ1) is 12.0. The Kier molecular flexibility index (Phi) is 4.20. The van der Waals surface area contributed by atoms with Gasteiger partial charge in [-0.3, -0.25) is 4.79 Å². The van der Waals surface area contributed by atoms with E-state index in [9.17, 15) is 4.79 Å². The molecule has 5 heteroatoms. The van der Waals surface area contributed by atoms with Crippen LogP contribution >= 0.6 is 11.3 Å². The maximum absolute atomic E-state index is 13.0. The molecule has 0 aliphatic heterocycles. The molecule has 0 amide bonds. The number of thiophene rings is 1. The van der Waals surface area contributed by atoms with E-state index in [1.54, 1.807) is 11.3 Å². The van der Waals surface area contributed by atoms with Gasteiger partial charge in [-0.1, -0.05) is 50.3 Å². The van der Waals surface area contributed by atoms with Crippen LogP contribution in [0.4, 0.5) is 0 Å². The SMILES string of the molecule is CC(C)c1ccc(Cn2nnc3sc4c(c3c2=O)CC[C@@H](C)C4)cc1. The van der Waals surface area contributed by atoms with Crippen LogP contribution in [0, 0.1) is 5.92 Å². The van der Waals surface area contributed by atoms with Crippen molar-refractivity contribution in [2.75, 3.05) is 0 Å². The highest BCUT2D eigenvalue weighted by Crippen LogP contribution is 2.35. The molecule has 130 valence electrons. The second kappa shape index (κ2) is 6.37. The van der Waals surface area contributed by atoms with Gasteiger partial charge in [0.2, 0.25) is 0 Å². The summed E-state index contributed by atoms with van der Waals surface area (Å²) in [5.41, 5.74) is 3.61. The van der Waals surface area contributed by atoms with E-state index in [1.807, 2.05) is 0 Å². The van der Waals surface area contributed by atoms with E-state index in [2.05, 4.69) is 55.3 Å². The van der Waals surface area contributed by atoms with Crippen molar-refractivity contribution in [2.45, 2.75) is 52.5 Å². The monoisotopic (exact) mass is 353 g/mol. The molecule has 0 bridgehead atoms. The van der Waals surface area contributed by atoms with Gasteiger partial charge in [0.15, 0.2) is 4.83 Å². The molecule has 0 unspecified atom stereocenters. The molecule has 0 radical (unpaired) electrons. The Balaban J connectivity index is 1.71. The van der Waals surface area contributed by atoms with Crippen LogP contribution in [0.25, 0.3) is 10.2 Å². The van der Waals surface area contributed by atoms with Crippen molar-refractivity contribution in [1.29, 1.82) is 0 Å². The molecule has 0 spiro atoms. The van der Waals surface area contributed by atoms with Crippen LogP contribution in [0.15, 0.2) is 29.1 Å². The van der Waals surface area contributed by atoms with Crippen LogP contribution < -0.4 is 5.56 Å². The van der Waals surface area contributed by atoms with Gasteiger partial charge in [-0.05, 0) is 47.8 Å². The lowest BCUT2D eigenvalue weighted by Crippen LogP contribution is -2.25. The van der Waals surface area contributed by atoms with Crippen LogP contribution in [0.3, 0.4) is 0 Å². The summed E-state index contributed by atoms with van der Waals surface area (Å²) in [5.74, 6) is 1.20. The van der Waals surface area contributed by atoms with Crippen molar-refractivity contribution in [3.8, 4) is 0 Å². The zero-order valence-corrected chi connectivity index (χ0v) is 15.8. The molecule has 3 aromatic rings. The van der Waals surface area contributed by atoms with Crippen LogP contribution in [-0.2, 0) is 19.4 Å². The smallest absolute Gasteiger partial charge is 0.267 e. The molecule has 1 aliphatic rings. The summed E-state index contributed by atoms with van der Waals surface area (Å²) in [6.45, 7) is 7.11. The molecule has 0 fully saturated rings. The van der Waals surface area contributed by atoms with E-state index in [0.717, 1.165) is 35.0 Å². The third kappa shape index (κ3) is 3.01. The average molecular weight is 353 g/mol. The van der Waals surface area contributed by atoms with Crippen LogP contribution in [-0.4, -0.2) is 15.0 Å². The minimum atomic E-state index is 0.00462. The van der Waals surface area contributed by atoms with E-state index in [0.29, 0.717) is 18.4 Å². The normalized spacial score (nSPS) is 17.2. The summed E-state index contributed by atoms with van der Waals surface area (Å²) in [7, 11) is 0. The van der Waals surface area contributed by atoms with Gasteiger partial charge in [0.05, 0.1) is 11.9 Å². The molecule has 2 aromatic heterocycles. The molecule has 0 saturated heterocycles. The molecule has 1 atom stereocenters. The maximum Gasteiger partial charge on any atom is 0.279 e. The number of aryl methyl sites for hydroxylation is 1. The Bertz CT molecular complexity index is 969. The minimum absolute atomic E-state index is 0.00462. The zero-order chi connectivity index (χ0) is 17.6. The number of benzene rings is 1. The Morgan fingerprint density at radius 2 is 2.04 bits per heavy atom. The fraction of sp³-hybridized carbons (Fsp3) is 0.450. The quantitative estimate of drug-likeness (QED) is 0.711. The zero-order valence-electron chi connectivity index (χ0n) is 15.0. The molecule has 4 rings (SSSR count). The summed E-state index contributed by atoms with van der Waals surface area (Å²) in [6.07, 6.45) is 3.20. The first-order valence-electron chi connectivity index (χ1n) is 9.00. The van der Waals surface area contributed by atoms with Gasteiger partial charge in [-0.2, -0.15) is 0 Å². The molecule has 1 aromatic carbocycles. The third-order valence-corrected chi connectivity index (χ3v) is 6.30. The van der Waals surface area contributed by atoms with Gasteiger partial charge < -0.3 is 0 Å². The Hall–Kier alpha value is -2.01. The predicted octanol–water partition coefficient (Wildman–Crippen LogP) is 4.15. The lowest BCUT2D eigenvalue weighted by Gasteiger charge is -2.17. The van der Waals surface area contributed by atoms with E-state index >= 15 is 0 Å². The van der Waals surface area contributed by atoms with Gasteiger partial charge in [-0.25, -0.2) is 4.68 Å². The summed E-state index contributed by atoms with van der Waals surface area (Å²) in [4.78, 5) is 15.1. The van der Waals surface area contributed by atoms with Crippen molar-refractivity contribution in [3.05, 3.63) is 56.2 Å². The number of hydrogen-bond acceptors (Lipinski definition) is 4. The first kappa shape index (κ1) is 16.5. The summed E-state index contributed by atoms with van der Waals surface area (Å²) in [6, 6.07) is 8.42. The van der Waals surface area contributed by atoms with Gasteiger partial charge in [-0.15, -0.1) is 16.4 Å². The summed E-state index contributed by atoms with van der Waals surface area (Å²) < 4.78 is 1.51. The molecule has 2 heterocycles. The van der Waals surface area contributed by atoms with E-state index in [4.69, 9.17) is 0 Å². The van der Waals surface area contributed by atoms with Crippen molar-refractivity contribution in [2.24, 2.45) is 5.92 Å². The topological polar surface area (TPSA) is 47.8 Å². The summed E-state index contributed by atoms with van der Waals surface area (Å²) in [5, 5.41) is 9.34. The van der Waals surface area contributed by atoms with Crippen molar-refractivity contribution < 1.29 is 0 Å². The van der Waals surface area contributed by atoms with Crippen molar-refractivity contribution >= 4 is 21.6 Å². The van der Waals surface area contributed by atoms with Gasteiger partial charge in [0, 0.05) is 4.88 Å². The highest BCUT2D eigenvalue weighted by atomic mass is 32.1. The minimum Gasteiger partial charge on any atom is -0.267 e. The largest absolute Gasteiger partial charge is 0.279 e. The number of hydrogen-bond donors (Lipinski definition) is 0. The highest BCUT2D eigenvalue weighted by molar-refractivity contribution is 7.18. The number of fused-ring (bicyclic) bond motifs is 3. The van der Waals surface area contributed by atoms with E-state index in [-0.39, 0.29) is 5.56 Å².